The summed E-state index contributed by atoms with van der Waals surface area (Å²) < 4.78 is 0. The second-order valence-electron chi connectivity index (χ2n) is 6.38. The molecular formula is C17H27ClN2. The Kier molecular flexibility index (Phi) is 5.88. The molecule has 2 nitrogen and oxygen atoms in total. The number of nitrogens with zero attached hydrogens (tertiary/aromatic N) is 1. The number of nitrogens with two attached hydrogens (primary N) is 1. The molecule has 1 aromatic carbocycles. The van der Waals surface area contributed by atoms with Crippen LogP contribution in [0.5, 0.6) is 0 Å². The summed E-state index contributed by atoms with van der Waals surface area (Å²) in [5.74, 6) is 0. The summed E-state index contributed by atoms with van der Waals surface area (Å²) in [6.07, 6.45) is 7.97. The molecule has 1 aromatic rings. The number of halogens is 1. The van der Waals surface area contributed by atoms with Gasteiger partial charge >= 0.3 is 0 Å². The SMILES string of the molecule is CN(CCC1(CN)CCCCC1)Cc1ccc(Cl)cc1. The Morgan fingerprint density at radius 3 is 2.40 bits per heavy atom. The van der Waals surface area contributed by atoms with Gasteiger partial charge in [-0.15, -0.1) is 0 Å². The molecule has 0 bridgehead atoms. The third-order valence-corrected chi connectivity index (χ3v) is 4.99. The molecule has 0 spiro atoms. The van der Waals surface area contributed by atoms with Crippen molar-refractivity contribution >= 4 is 11.6 Å². The molecule has 1 fully saturated rings. The van der Waals surface area contributed by atoms with Gasteiger partial charge in [0.15, 0.2) is 0 Å². The highest BCUT2D eigenvalue weighted by Gasteiger charge is 2.30. The summed E-state index contributed by atoms with van der Waals surface area (Å²) in [5.41, 5.74) is 7.79. The van der Waals surface area contributed by atoms with Gasteiger partial charge in [-0.05, 0) is 62.5 Å². The van der Waals surface area contributed by atoms with Gasteiger partial charge in [0.1, 0.15) is 0 Å². The summed E-state index contributed by atoms with van der Waals surface area (Å²) in [7, 11) is 2.20. The van der Waals surface area contributed by atoms with E-state index in [0.29, 0.717) is 5.41 Å². The maximum atomic E-state index is 6.06. The second-order valence-corrected chi connectivity index (χ2v) is 6.82. The topological polar surface area (TPSA) is 29.3 Å². The molecule has 0 atom stereocenters. The van der Waals surface area contributed by atoms with E-state index in [-0.39, 0.29) is 0 Å². The van der Waals surface area contributed by atoms with Crippen LogP contribution < -0.4 is 5.73 Å². The Balaban J connectivity index is 1.81. The van der Waals surface area contributed by atoms with Crippen molar-refractivity contribution in [2.24, 2.45) is 11.1 Å². The number of rotatable bonds is 6. The van der Waals surface area contributed by atoms with Gasteiger partial charge in [0, 0.05) is 11.6 Å². The molecule has 0 amide bonds. The first-order chi connectivity index (χ1) is 9.63. The van der Waals surface area contributed by atoms with Crippen molar-refractivity contribution in [1.29, 1.82) is 0 Å². The molecule has 20 heavy (non-hydrogen) atoms. The van der Waals surface area contributed by atoms with Crippen LogP contribution in [0.1, 0.15) is 44.1 Å². The van der Waals surface area contributed by atoms with E-state index in [1.165, 1.54) is 44.1 Å². The highest BCUT2D eigenvalue weighted by molar-refractivity contribution is 6.30. The average molecular weight is 295 g/mol. The predicted molar refractivity (Wildman–Crippen MR) is 87.0 cm³/mol. The quantitative estimate of drug-likeness (QED) is 0.857. The predicted octanol–water partition coefficient (Wildman–Crippen LogP) is 4.07. The molecule has 112 valence electrons. The molecule has 0 aliphatic heterocycles. The van der Waals surface area contributed by atoms with E-state index in [0.717, 1.165) is 24.7 Å². The van der Waals surface area contributed by atoms with Crippen LogP contribution in [0.25, 0.3) is 0 Å². The Bertz CT molecular complexity index is 396. The van der Waals surface area contributed by atoms with Gasteiger partial charge in [0.2, 0.25) is 0 Å². The van der Waals surface area contributed by atoms with Crippen molar-refractivity contribution in [3.05, 3.63) is 34.9 Å². The standard InChI is InChI=1S/C17H27ClN2/c1-20(13-15-5-7-16(18)8-6-15)12-11-17(14-19)9-3-2-4-10-17/h5-8H,2-4,9-14,19H2,1H3. The molecule has 1 saturated carbocycles. The lowest BCUT2D eigenvalue weighted by atomic mass is 9.72. The minimum absolute atomic E-state index is 0.409. The van der Waals surface area contributed by atoms with Crippen molar-refractivity contribution in [3.63, 3.8) is 0 Å². The Morgan fingerprint density at radius 1 is 1.15 bits per heavy atom. The lowest BCUT2D eigenvalue weighted by Crippen LogP contribution is -2.36. The van der Waals surface area contributed by atoms with Crippen LogP contribution in [0.3, 0.4) is 0 Å². The van der Waals surface area contributed by atoms with Gasteiger partial charge in [0.25, 0.3) is 0 Å². The fraction of sp³-hybridized carbons (Fsp3) is 0.647. The lowest BCUT2D eigenvalue weighted by Gasteiger charge is -2.37. The normalized spacial score (nSPS) is 18.4. The molecule has 1 aliphatic carbocycles. The molecule has 3 heteroatoms. The Morgan fingerprint density at radius 2 is 1.80 bits per heavy atom. The first-order valence-corrected chi connectivity index (χ1v) is 8.14. The summed E-state index contributed by atoms with van der Waals surface area (Å²) in [6.45, 7) is 2.96. The number of benzene rings is 1. The van der Waals surface area contributed by atoms with Crippen LogP contribution in [-0.4, -0.2) is 25.0 Å². The van der Waals surface area contributed by atoms with E-state index in [4.69, 9.17) is 17.3 Å². The van der Waals surface area contributed by atoms with Gasteiger partial charge in [-0.3, -0.25) is 0 Å². The largest absolute Gasteiger partial charge is 0.330 e. The second kappa shape index (κ2) is 7.44. The van der Waals surface area contributed by atoms with E-state index in [2.05, 4.69) is 24.1 Å². The van der Waals surface area contributed by atoms with Crippen molar-refractivity contribution < 1.29 is 0 Å². The Labute approximate surface area is 128 Å². The van der Waals surface area contributed by atoms with Crippen molar-refractivity contribution in [2.75, 3.05) is 20.1 Å². The lowest BCUT2D eigenvalue weighted by molar-refractivity contribution is 0.154. The number of hydrogen-bond acceptors (Lipinski definition) is 2. The summed E-state index contributed by atoms with van der Waals surface area (Å²) >= 11 is 5.92. The summed E-state index contributed by atoms with van der Waals surface area (Å²) in [5, 5.41) is 0.806. The first-order valence-electron chi connectivity index (χ1n) is 7.77. The zero-order valence-electron chi connectivity index (χ0n) is 12.6. The van der Waals surface area contributed by atoms with E-state index >= 15 is 0 Å². The molecular weight excluding hydrogens is 268 g/mol. The van der Waals surface area contributed by atoms with Gasteiger partial charge in [0.05, 0.1) is 0 Å². The fourth-order valence-electron chi connectivity index (χ4n) is 3.27. The maximum Gasteiger partial charge on any atom is 0.0406 e. The van der Waals surface area contributed by atoms with E-state index in [1.54, 1.807) is 0 Å². The molecule has 0 saturated heterocycles. The third-order valence-electron chi connectivity index (χ3n) is 4.74. The molecule has 2 rings (SSSR count). The Hall–Kier alpha value is -0.570. The zero-order chi connectivity index (χ0) is 14.4. The fourth-order valence-corrected chi connectivity index (χ4v) is 3.39. The maximum absolute atomic E-state index is 6.06. The van der Waals surface area contributed by atoms with Crippen LogP contribution in [0.4, 0.5) is 0 Å². The highest BCUT2D eigenvalue weighted by Crippen LogP contribution is 2.38. The van der Waals surface area contributed by atoms with Crippen LogP contribution in [0.15, 0.2) is 24.3 Å². The minimum atomic E-state index is 0.409. The van der Waals surface area contributed by atoms with Crippen LogP contribution in [0, 0.1) is 5.41 Å². The third kappa shape index (κ3) is 4.47. The highest BCUT2D eigenvalue weighted by atomic mass is 35.5. The number of hydrogen-bond donors (Lipinski definition) is 1. The average Bonchev–Trinajstić information content (AvgIpc) is 2.49. The molecule has 1 aliphatic rings. The zero-order valence-corrected chi connectivity index (χ0v) is 13.3. The molecule has 0 heterocycles. The summed E-state index contributed by atoms with van der Waals surface area (Å²) in [6, 6.07) is 8.15. The van der Waals surface area contributed by atoms with E-state index in [1.807, 2.05) is 12.1 Å². The molecule has 0 unspecified atom stereocenters. The van der Waals surface area contributed by atoms with Gasteiger partial charge in [-0.25, -0.2) is 0 Å². The summed E-state index contributed by atoms with van der Waals surface area (Å²) in [4.78, 5) is 2.40. The first kappa shape index (κ1) is 15.8. The van der Waals surface area contributed by atoms with Crippen molar-refractivity contribution in [1.82, 2.24) is 4.90 Å². The van der Waals surface area contributed by atoms with E-state index < -0.39 is 0 Å². The van der Waals surface area contributed by atoms with Crippen LogP contribution >= 0.6 is 11.6 Å². The molecule has 0 aromatic heterocycles. The molecule has 0 radical (unpaired) electrons. The van der Waals surface area contributed by atoms with Crippen molar-refractivity contribution in [3.8, 4) is 0 Å². The van der Waals surface area contributed by atoms with Gasteiger partial charge in [-0.1, -0.05) is 43.0 Å². The molecule has 2 N–H and O–H groups in total. The van der Waals surface area contributed by atoms with Crippen LogP contribution in [0.2, 0.25) is 5.02 Å². The monoisotopic (exact) mass is 294 g/mol. The minimum Gasteiger partial charge on any atom is -0.330 e. The van der Waals surface area contributed by atoms with Crippen molar-refractivity contribution in [2.45, 2.75) is 45.1 Å². The smallest absolute Gasteiger partial charge is 0.0406 e. The van der Waals surface area contributed by atoms with Gasteiger partial charge in [-0.2, -0.15) is 0 Å². The van der Waals surface area contributed by atoms with E-state index in [9.17, 15) is 0 Å². The van der Waals surface area contributed by atoms with Crippen LogP contribution in [-0.2, 0) is 6.54 Å². The van der Waals surface area contributed by atoms with Gasteiger partial charge < -0.3 is 10.6 Å².